The van der Waals surface area contributed by atoms with Crippen molar-refractivity contribution in [3.8, 4) is 6.07 Å². The first kappa shape index (κ1) is 19.4. The van der Waals surface area contributed by atoms with Gasteiger partial charge in [0.15, 0.2) is 0 Å². The number of nitro groups is 2. The quantitative estimate of drug-likeness (QED) is 0.595. The maximum atomic E-state index is 12.9. The molecule has 1 aromatic carbocycles. The van der Waals surface area contributed by atoms with Crippen molar-refractivity contribution in [1.29, 1.82) is 5.26 Å². The van der Waals surface area contributed by atoms with E-state index in [0.717, 1.165) is 29.8 Å². The molecule has 11 nitrogen and oxygen atoms in total. The fourth-order valence-corrected chi connectivity index (χ4v) is 2.26. The van der Waals surface area contributed by atoms with Gasteiger partial charge in [0.25, 0.3) is 12.1 Å². The normalized spacial score (nSPS) is 10.5. The number of benzene rings is 1. The summed E-state index contributed by atoms with van der Waals surface area (Å²) in [5.41, 5.74) is -2.76. The van der Waals surface area contributed by atoms with Gasteiger partial charge in [0.1, 0.15) is 18.3 Å². The summed E-state index contributed by atoms with van der Waals surface area (Å²) in [6.45, 7) is 0.526. The number of hydrogen-bond acceptors (Lipinski definition) is 7. The molecular formula is C14H10F2N6O5. The monoisotopic (exact) mass is 380 g/mol. The average Bonchev–Trinajstić information content (AvgIpc) is 2.91. The van der Waals surface area contributed by atoms with E-state index in [0.29, 0.717) is 0 Å². The van der Waals surface area contributed by atoms with Gasteiger partial charge in [0.2, 0.25) is 11.6 Å². The third-order valence-corrected chi connectivity index (χ3v) is 3.49. The number of carbonyl (C=O) groups excluding carboxylic acids is 1. The molecule has 0 bridgehead atoms. The lowest BCUT2D eigenvalue weighted by Crippen LogP contribution is -2.21. The number of alkyl halides is 2. The first-order chi connectivity index (χ1) is 12.6. The van der Waals surface area contributed by atoms with E-state index in [1.165, 1.54) is 0 Å². The molecule has 0 aliphatic rings. The minimum absolute atomic E-state index is 0.0403. The zero-order chi connectivity index (χ0) is 20.3. The van der Waals surface area contributed by atoms with Crippen LogP contribution in [0.2, 0.25) is 0 Å². The molecule has 2 aromatic rings. The maximum absolute atomic E-state index is 12.9. The summed E-state index contributed by atoms with van der Waals surface area (Å²) in [5, 5.41) is 36.4. The second kappa shape index (κ2) is 7.52. The van der Waals surface area contributed by atoms with E-state index in [1.54, 1.807) is 6.07 Å². The van der Waals surface area contributed by atoms with Crippen molar-refractivity contribution in [1.82, 2.24) is 9.78 Å². The number of nitrogens with one attached hydrogen (secondary N) is 1. The van der Waals surface area contributed by atoms with E-state index < -0.39 is 40.1 Å². The van der Waals surface area contributed by atoms with Gasteiger partial charge in [-0.3, -0.25) is 29.7 Å². The van der Waals surface area contributed by atoms with Crippen LogP contribution >= 0.6 is 0 Å². The first-order valence-electron chi connectivity index (χ1n) is 7.14. The minimum atomic E-state index is -3.20. The molecule has 1 aromatic heterocycles. The van der Waals surface area contributed by atoms with Crippen molar-refractivity contribution in [2.75, 3.05) is 5.32 Å². The number of halogens is 2. The second-order valence-corrected chi connectivity index (χ2v) is 5.18. The third-order valence-electron chi connectivity index (χ3n) is 3.49. The summed E-state index contributed by atoms with van der Waals surface area (Å²) in [5.74, 6) is -0.818. The molecule has 0 aliphatic heterocycles. The number of nitro benzene ring substituents is 1. The van der Waals surface area contributed by atoms with Crippen molar-refractivity contribution in [3.05, 3.63) is 55.4 Å². The van der Waals surface area contributed by atoms with Gasteiger partial charge in [-0.15, -0.1) is 0 Å². The summed E-state index contributed by atoms with van der Waals surface area (Å²) in [7, 11) is 0. The van der Waals surface area contributed by atoms with Crippen LogP contribution in [0.5, 0.6) is 0 Å². The van der Waals surface area contributed by atoms with Crippen molar-refractivity contribution in [3.63, 3.8) is 0 Å². The van der Waals surface area contributed by atoms with E-state index in [9.17, 15) is 33.8 Å². The lowest BCUT2D eigenvalue weighted by atomic mass is 10.1. The largest absolute Gasteiger partial charge is 0.323 e. The van der Waals surface area contributed by atoms with Gasteiger partial charge in [0.05, 0.1) is 21.1 Å². The third kappa shape index (κ3) is 4.00. The van der Waals surface area contributed by atoms with Gasteiger partial charge in [-0.1, -0.05) is 0 Å². The molecule has 27 heavy (non-hydrogen) atoms. The molecule has 0 aliphatic carbocycles. The Morgan fingerprint density at radius 1 is 1.37 bits per heavy atom. The zero-order valence-corrected chi connectivity index (χ0v) is 13.5. The van der Waals surface area contributed by atoms with Gasteiger partial charge in [-0.25, -0.2) is 8.78 Å². The van der Waals surface area contributed by atoms with Crippen molar-refractivity contribution in [2.24, 2.45) is 0 Å². The standard InChI is InChI=1S/C14H10F2N6O5/c1-7-13(22(26)27)12(14(15)16)19-20(7)6-11(23)18-10-3-2-9(21(24)25)4-8(10)5-17/h2-4,14H,6H2,1H3,(H,18,23). The molecule has 0 spiro atoms. The zero-order valence-electron chi connectivity index (χ0n) is 13.5. The number of amides is 1. The number of nitriles is 1. The Kier molecular flexibility index (Phi) is 5.40. The van der Waals surface area contributed by atoms with E-state index in [-0.39, 0.29) is 22.6 Å². The smallest absolute Gasteiger partial charge is 0.319 e. The van der Waals surface area contributed by atoms with Crippen LogP contribution in [0.3, 0.4) is 0 Å². The Morgan fingerprint density at radius 2 is 2.04 bits per heavy atom. The van der Waals surface area contributed by atoms with Crippen LogP contribution in [0.15, 0.2) is 18.2 Å². The highest BCUT2D eigenvalue weighted by Crippen LogP contribution is 2.30. The molecular weight excluding hydrogens is 370 g/mol. The van der Waals surface area contributed by atoms with Crippen LogP contribution in [0, 0.1) is 38.5 Å². The van der Waals surface area contributed by atoms with Crippen LogP contribution in [0.25, 0.3) is 0 Å². The van der Waals surface area contributed by atoms with Gasteiger partial charge >= 0.3 is 5.69 Å². The summed E-state index contributed by atoms with van der Waals surface area (Å²) in [6.07, 6.45) is -3.20. The summed E-state index contributed by atoms with van der Waals surface area (Å²) in [6, 6.07) is 4.84. The number of nitrogens with zero attached hydrogens (tertiary/aromatic N) is 5. The predicted octanol–water partition coefficient (Wildman–Crippen LogP) is 2.46. The predicted molar refractivity (Wildman–Crippen MR) is 85.0 cm³/mol. The topological polar surface area (TPSA) is 157 Å². The van der Waals surface area contributed by atoms with E-state index in [2.05, 4.69) is 10.4 Å². The number of aromatic nitrogens is 2. The molecule has 140 valence electrons. The highest BCUT2D eigenvalue weighted by Gasteiger charge is 2.31. The number of anilines is 1. The van der Waals surface area contributed by atoms with E-state index >= 15 is 0 Å². The summed E-state index contributed by atoms with van der Waals surface area (Å²) >= 11 is 0. The molecule has 1 heterocycles. The number of carbonyl (C=O) groups is 1. The molecule has 0 unspecified atom stereocenters. The molecule has 13 heteroatoms. The number of hydrogen-bond donors (Lipinski definition) is 1. The lowest BCUT2D eigenvalue weighted by molar-refractivity contribution is -0.386. The minimum Gasteiger partial charge on any atom is -0.323 e. The SMILES string of the molecule is Cc1c([N+](=O)[O-])c(C(F)F)nn1CC(=O)Nc1ccc([N+](=O)[O-])cc1C#N. The van der Waals surface area contributed by atoms with Gasteiger partial charge in [-0.05, 0) is 13.0 Å². The van der Waals surface area contributed by atoms with Crippen molar-refractivity contribution in [2.45, 2.75) is 19.9 Å². The molecule has 0 radical (unpaired) electrons. The molecule has 0 atom stereocenters. The first-order valence-corrected chi connectivity index (χ1v) is 7.14. The molecule has 0 saturated heterocycles. The van der Waals surface area contributed by atoms with Crippen LogP contribution in [-0.4, -0.2) is 25.5 Å². The molecule has 0 fully saturated rings. The highest BCUT2D eigenvalue weighted by atomic mass is 19.3. The number of non-ortho nitro benzene ring substituents is 1. The Labute approximate surface area is 149 Å². The Hall–Kier alpha value is -3.95. The molecule has 1 N–H and O–H groups in total. The Bertz CT molecular complexity index is 981. The fourth-order valence-electron chi connectivity index (χ4n) is 2.26. The summed E-state index contributed by atoms with van der Waals surface area (Å²) < 4.78 is 26.5. The van der Waals surface area contributed by atoms with E-state index in [4.69, 9.17) is 5.26 Å². The average molecular weight is 380 g/mol. The number of rotatable bonds is 6. The van der Waals surface area contributed by atoms with Crippen LogP contribution in [0.1, 0.15) is 23.4 Å². The van der Waals surface area contributed by atoms with Crippen LogP contribution < -0.4 is 5.32 Å². The molecule has 0 saturated carbocycles. The second-order valence-electron chi connectivity index (χ2n) is 5.18. The van der Waals surface area contributed by atoms with Crippen LogP contribution in [0.4, 0.5) is 25.8 Å². The van der Waals surface area contributed by atoms with E-state index in [1.807, 2.05) is 0 Å². The van der Waals surface area contributed by atoms with Gasteiger partial charge in [0, 0.05) is 12.1 Å². The Morgan fingerprint density at radius 3 is 2.52 bits per heavy atom. The van der Waals surface area contributed by atoms with Gasteiger partial charge in [-0.2, -0.15) is 10.4 Å². The summed E-state index contributed by atoms with van der Waals surface area (Å²) in [4.78, 5) is 32.0. The van der Waals surface area contributed by atoms with Gasteiger partial charge < -0.3 is 5.32 Å². The lowest BCUT2D eigenvalue weighted by Gasteiger charge is -2.08. The fraction of sp³-hybridized carbons (Fsp3) is 0.214. The molecule has 2 rings (SSSR count). The Balaban J connectivity index is 2.27. The van der Waals surface area contributed by atoms with Crippen LogP contribution in [-0.2, 0) is 11.3 Å². The molecule has 1 amide bonds. The van der Waals surface area contributed by atoms with Crippen molar-refractivity contribution < 1.29 is 23.4 Å². The van der Waals surface area contributed by atoms with Crippen molar-refractivity contribution >= 4 is 23.0 Å². The maximum Gasteiger partial charge on any atom is 0.319 e. The highest BCUT2D eigenvalue weighted by molar-refractivity contribution is 5.92.